The van der Waals surface area contributed by atoms with Gasteiger partial charge in [-0.2, -0.15) is 0 Å². The van der Waals surface area contributed by atoms with Crippen molar-refractivity contribution in [2.45, 2.75) is 52.5 Å². The summed E-state index contributed by atoms with van der Waals surface area (Å²) >= 11 is 1.70. The van der Waals surface area contributed by atoms with Gasteiger partial charge in [-0.25, -0.2) is 4.98 Å². The maximum Gasteiger partial charge on any atom is 0.259 e. The molecule has 27 heavy (non-hydrogen) atoms. The largest absolute Gasteiger partial charge is 0.340 e. The molecular formula is C20H28N4O2S. The number of hydrogen-bond donors (Lipinski definition) is 1. The molecule has 2 aromatic heterocycles. The highest BCUT2D eigenvalue weighted by Gasteiger charge is 2.23. The lowest BCUT2D eigenvalue weighted by Gasteiger charge is -2.34. The molecule has 0 bridgehead atoms. The van der Waals surface area contributed by atoms with Crippen molar-refractivity contribution in [3.63, 3.8) is 0 Å². The molecule has 1 aliphatic heterocycles. The van der Waals surface area contributed by atoms with Crippen LogP contribution >= 0.6 is 11.3 Å². The number of aromatic amines is 1. The fourth-order valence-electron chi connectivity index (χ4n) is 4.13. The fourth-order valence-corrected chi connectivity index (χ4v) is 5.41. The molecule has 1 amide bonds. The maximum absolute atomic E-state index is 12.7. The zero-order valence-electron chi connectivity index (χ0n) is 16.2. The second-order valence-electron chi connectivity index (χ2n) is 8.16. The highest BCUT2D eigenvalue weighted by molar-refractivity contribution is 7.18. The highest BCUT2D eigenvalue weighted by Crippen LogP contribution is 2.33. The molecule has 1 fully saturated rings. The number of nitrogens with one attached hydrogen (secondary N) is 1. The molecule has 0 saturated carbocycles. The lowest BCUT2D eigenvalue weighted by atomic mass is 9.97. The SMILES string of the molecule is CC(C)CC(=O)N1CCN(Cc2nc3sc4c(c3c(=O)[nH]2)CCCC4)CC1. The quantitative estimate of drug-likeness (QED) is 0.874. The Morgan fingerprint density at radius 3 is 2.67 bits per heavy atom. The molecule has 1 aliphatic carbocycles. The standard InChI is InChI=1S/C20H28N4O2S/c1-13(2)11-17(25)24-9-7-23(8-10-24)12-16-21-19(26)18-14-5-3-4-6-15(14)27-20(18)22-16/h13H,3-12H2,1-2H3,(H,21,22,26). The predicted molar refractivity (Wildman–Crippen MR) is 108 cm³/mol. The van der Waals surface area contributed by atoms with Gasteiger partial charge in [0.1, 0.15) is 10.7 Å². The normalized spacial score (nSPS) is 18.3. The van der Waals surface area contributed by atoms with Gasteiger partial charge in [-0.3, -0.25) is 14.5 Å². The van der Waals surface area contributed by atoms with E-state index in [1.54, 1.807) is 11.3 Å². The van der Waals surface area contributed by atoms with E-state index in [0.717, 1.165) is 55.1 Å². The summed E-state index contributed by atoms with van der Waals surface area (Å²) < 4.78 is 0. The van der Waals surface area contributed by atoms with Crippen molar-refractivity contribution in [2.75, 3.05) is 26.2 Å². The molecule has 0 radical (unpaired) electrons. The van der Waals surface area contributed by atoms with Crippen molar-refractivity contribution in [3.05, 3.63) is 26.6 Å². The van der Waals surface area contributed by atoms with E-state index in [1.807, 2.05) is 4.90 Å². The molecule has 0 spiro atoms. The van der Waals surface area contributed by atoms with Crippen LogP contribution in [0, 0.1) is 5.92 Å². The third-order valence-electron chi connectivity index (χ3n) is 5.56. The Bertz CT molecular complexity index is 893. The fraction of sp³-hybridized carbons (Fsp3) is 0.650. The minimum atomic E-state index is 0.0140. The van der Waals surface area contributed by atoms with E-state index >= 15 is 0 Å². The van der Waals surface area contributed by atoms with Crippen LogP contribution in [0.25, 0.3) is 10.2 Å². The molecule has 0 unspecified atom stereocenters. The van der Waals surface area contributed by atoms with Gasteiger partial charge in [0.15, 0.2) is 0 Å². The van der Waals surface area contributed by atoms with Gasteiger partial charge in [0, 0.05) is 37.5 Å². The van der Waals surface area contributed by atoms with E-state index in [9.17, 15) is 9.59 Å². The predicted octanol–water partition coefficient (Wildman–Crippen LogP) is 2.55. The van der Waals surface area contributed by atoms with E-state index in [4.69, 9.17) is 4.98 Å². The van der Waals surface area contributed by atoms with Crippen molar-refractivity contribution in [1.82, 2.24) is 19.8 Å². The molecule has 146 valence electrons. The Morgan fingerprint density at radius 2 is 1.93 bits per heavy atom. The third-order valence-corrected chi connectivity index (χ3v) is 6.74. The van der Waals surface area contributed by atoms with Crippen LogP contribution in [-0.2, 0) is 24.2 Å². The van der Waals surface area contributed by atoms with Gasteiger partial charge in [-0.05, 0) is 37.2 Å². The van der Waals surface area contributed by atoms with E-state index < -0.39 is 0 Å². The van der Waals surface area contributed by atoms with Gasteiger partial charge in [0.05, 0.1) is 11.9 Å². The number of carbonyl (C=O) groups is 1. The number of carbonyl (C=O) groups excluding carboxylic acids is 1. The van der Waals surface area contributed by atoms with Crippen molar-refractivity contribution in [1.29, 1.82) is 0 Å². The Labute approximate surface area is 163 Å². The Hall–Kier alpha value is -1.73. The average Bonchev–Trinajstić information content (AvgIpc) is 3.00. The first-order valence-electron chi connectivity index (χ1n) is 10.0. The van der Waals surface area contributed by atoms with Gasteiger partial charge in [-0.15, -0.1) is 11.3 Å². The summed E-state index contributed by atoms with van der Waals surface area (Å²) in [5, 5.41) is 0.822. The number of thiophene rings is 1. The van der Waals surface area contributed by atoms with Crippen molar-refractivity contribution in [2.24, 2.45) is 5.92 Å². The number of nitrogens with zero attached hydrogens (tertiary/aromatic N) is 3. The van der Waals surface area contributed by atoms with Gasteiger partial charge >= 0.3 is 0 Å². The molecule has 2 aliphatic rings. The van der Waals surface area contributed by atoms with Crippen LogP contribution < -0.4 is 5.56 Å². The zero-order valence-corrected chi connectivity index (χ0v) is 17.0. The average molecular weight is 389 g/mol. The number of H-pyrrole nitrogens is 1. The van der Waals surface area contributed by atoms with Crippen molar-refractivity contribution >= 4 is 27.5 Å². The van der Waals surface area contributed by atoms with Crippen molar-refractivity contribution in [3.8, 4) is 0 Å². The number of rotatable bonds is 4. The molecule has 7 heteroatoms. The molecule has 6 nitrogen and oxygen atoms in total. The van der Waals surface area contributed by atoms with E-state index in [-0.39, 0.29) is 11.5 Å². The Kier molecular flexibility index (Phi) is 5.32. The monoisotopic (exact) mass is 388 g/mol. The second-order valence-corrected chi connectivity index (χ2v) is 9.24. The van der Waals surface area contributed by atoms with Crippen LogP contribution in [0.15, 0.2) is 4.79 Å². The Balaban J connectivity index is 1.44. The molecule has 1 N–H and O–H groups in total. The minimum absolute atomic E-state index is 0.0140. The molecule has 2 aromatic rings. The van der Waals surface area contributed by atoms with Crippen LogP contribution in [0.4, 0.5) is 0 Å². The number of hydrogen-bond acceptors (Lipinski definition) is 5. The number of amides is 1. The summed E-state index contributed by atoms with van der Waals surface area (Å²) in [6.45, 7) is 7.96. The second kappa shape index (κ2) is 7.72. The molecular weight excluding hydrogens is 360 g/mol. The topological polar surface area (TPSA) is 69.3 Å². The minimum Gasteiger partial charge on any atom is -0.340 e. The lowest BCUT2D eigenvalue weighted by Crippen LogP contribution is -2.48. The summed E-state index contributed by atoms with van der Waals surface area (Å²) in [6, 6.07) is 0. The summed E-state index contributed by atoms with van der Waals surface area (Å²) in [5.74, 6) is 1.39. The summed E-state index contributed by atoms with van der Waals surface area (Å²) in [5.41, 5.74) is 1.25. The zero-order chi connectivity index (χ0) is 19.0. The number of aryl methyl sites for hydroxylation is 2. The van der Waals surface area contributed by atoms with Crippen LogP contribution in [0.3, 0.4) is 0 Å². The maximum atomic E-state index is 12.7. The van der Waals surface area contributed by atoms with Gasteiger partial charge in [0.2, 0.25) is 5.91 Å². The highest BCUT2D eigenvalue weighted by atomic mass is 32.1. The van der Waals surface area contributed by atoms with Crippen LogP contribution in [-0.4, -0.2) is 51.9 Å². The van der Waals surface area contributed by atoms with Crippen LogP contribution in [0.1, 0.15) is 49.4 Å². The molecule has 0 atom stereocenters. The molecule has 3 heterocycles. The van der Waals surface area contributed by atoms with Crippen molar-refractivity contribution < 1.29 is 4.79 Å². The van der Waals surface area contributed by atoms with Gasteiger partial charge < -0.3 is 9.88 Å². The molecule has 1 saturated heterocycles. The van der Waals surface area contributed by atoms with Gasteiger partial charge in [-0.1, -0.05) is 13.8 Å². The van der Waals surface area contributed by atoms with Crippen LogP contribution in [0.5, 0.6) is 0 Å². The first kappa shape index (κ1) is 18.6. The Morgan fingerprint density at radius 1 is 1.19 bits per heavy atom. The van der Waals surface area contributed by atoms with E-state index in [2.05, 4.69) is 23.7 Å². The smallest absolute Gasteiger partial charge is 0.259 e. The van der Waals surface area contributed by atoms with E-state index in [1.165, 1.54) is 23.3 Å². The number of piperazine rings is 1. The third kappa shape index (κ3) is 3.94. The summed E-state index contributed by atoms with van der Waals surface area (Å²) in [6.07, 6.45) is 5.09. The van der Waals surface area contributed by atoms with Crippen LogP contribution in [0.2, 0.25) is 0 Å². The number of fused-ring (bicyclic) bond motifs is 3. The number of aromatic nitrogens is 2. The first-order valence-corrected chi connectivity index (χ1v) is 10.9. The molecule has 0 aromatic carbocycles. The first-order chi connectivity index (χ1) is 13.0. The van der Waals surface area contributed by atoms with Gasteiger partial charge in [0.25, 0.3) is 5.56 Å². The summed E-state index contributed by atoms with van der Waals surface area (Å²) in [4.78, 5) is 39.1. The molecule has 4 rings (SSSR count). The lowest BCUT2D eigenvalue weighted by molar-refractivity contribution is -0.133. The summed E-state index contributed by atoms with van der Waals surface area (Å²) in [7, 11) is 0. The van der Waals surface area contributed by atoms with E-state index in [0.29, 0.717) is 18.9 Å².